The Hall–Kier alpha value is 2.73. The van der Waals surface area contributed by atoms with E-state index >= 15 is 0 Å². The van der Waals surface area contributed by atoms with E-state index in [1.165, 1.54) is 347 Å². The van der Waals surface area contributed by atoms with Crippen molar-refractivity contribution in [2.45, 2.75) is 471 Å². The molecule has 0 atom stereocenters. The SMILES string of the molecule is CCCCCN(CCCCC)C(=S)[S-].CCCCCN(CCCCC)C(=S)[S-].CCCCCN(CCCCC)C(=S)[S-].CCCCCN(CCCCC)C(=S)[S-].CCCCCN(CCCCC)C(=S)[S-].CCCCCN(CCCCC)C(=S)[S-].CCCCCN(CCCCC)C(=S)[S-].CCCCCN(CCCCC)C(=S)[S-].CCCCCN(CCCCC)C(=S)[S-].[Mo+4].[P+3].[Zn+2]. The van der Waals surface area contributed by atoms with Crippen molar-refractivity contribution in [2.75, 3.05) is 118 Å². The van der Waals surface area contributed by atoms with Crippen LogP contribution in [-0.4, -0.2) is 201 Å². The molecule has 30 heteroatoms. The van der Waals surface area contributed by atoms with E-state index in [9.17, 15) is 0 Å². The van der Waals surface area contributed by atoms with Crippen LogP contribution in [0.25, 0.3) is 0 Å². The average Bonchev–Trinajstić information content (AvgIpc) is 1.03. The molecule has 0 N–H and O–H groups in total. The predicted octanol–water partition coefficient (Wildman–Crippen LogP) is 32.4. The van der Waals surface area contributed by atoms with Crippen molar-refractivity contribution in [1.82, 2.24) is 44.1 Å². The van der Waals surface area contributed by atoms with Crippen molar-refractivity contribution in [1.29, 1.82) is 0 Å². The third-order valence-electron chi connectivity index (χ3n) is 20.9. The predicted molar refractivity (Wildman–Crippen MR) is 642 cm³/mol. The van der Waals surface area contributed by atoms with Gasteiger partial charge in [0, 0.05) is 118 Å². The van der Waals surface area contributed by atoms with E-state index < -0.39 is 0 Å². The molecule has 0 aliphatic rings. The quantitative estimate of drug-likeness (QED) is 0.0190. The number of hydrogen-bond acceptors (Lipinski definition) is 18. The van der Waals surface area contributed by atoms with Gasteiger partial charge in [-0.1, -0.05) is 395 Å². The Balaban J connectivity index is -0.000000119. The van der Waals surface area contributed by atoms with Gasteiger partial charge < -0.3 is 268 Å². The molecule has 0 aliphatic heterocycles. The van der Waals surface area contributed by atoms with Crippen LogP contribution in [0, 0.1) is 0 Å². The van der Waals surface area contributed by atoms with Crippen LogP contribution in [0.4, 0.5) is 0 Å². The Bertz CT molecular complexity index is 1750. The molecule has 0 heterocycles. The van der Waals surface area contributed by atoms with Crippen molar-refractivity contribution in [3.8, 4) is 0 Å². The van der Waals surface area contributed by atoms with Gasteiger partial charge in [0.25, 0.3) is 0 Å². The van der Waals surface area contributed by atoms with Crippen molar-refractivity contribution >= 4 is 272 Å². The van der Waals surface area contributed by atoms with Crippen LogP contribution in [-0.2, 0) is 154 Å². The molecule has 0 fully saturated rings. The first kappa shape index (κ1) is 157. The minimum atomic E-state index is 0. The summed E-state index contributed by atoms with van der Waals surface area (Å²) in [5, 5.41) is 0. The number of rotatable bonds is 72. The Morgan fingerprint density at radius 3 is 0.209 bits per heavy atom. The van der Waals surface area contributed by atoms with E-state index in [1.807, 2.05) is 0 Å². The molecule has 0 aromatic rings. The van der Waals surface area contributed by atoms with E-state index in [-0.39, 0.29) is 50.4 Å². The molecule has 0 rings (SSSR count). The summed E-state index contributed by atoms with van der Waals surface area (Å²) >= 11 is 91.0. The first-order valence-corrected chi connectivity index (χ1v) is 58.5. The first-order valence-electron chi connectivity index (χ1n) is 51.1. The Kier molecular flexibility index (Phi) is 162. The molecule has 0 saturated heterocycles. The van der Waals surface area contributed by atoms with Gasteiger partial charge in [0.05, 0.1) is 0 Å². The van der Waals surface area contributed by atoms with Crippen LogP contribution in [0.15, 0.2) is 0 Å². The Labute approximate surface area is 935 Å². The second-order valence-electron chi connectivity index (χ2n) is 33.0. The van der Waals surface area contributed by atoms with E-state index in [2.05, 4.69) is 169 Å². The molecule has 0 spiro atoms. The maximum atomic E-state index is 5.06. The fourth-order valence-electron chi connectivity index (χ4n) is 12.6. The standard InChI is InChI=1S/9C11H23NS2.Mo.P.Zn/c9*1-3-5-7-9-12(11(13)14)10-8-6-4-2;;;/h9*3-10H2,1-2H3,(H,13,14);;;/q;;;;;;;;;+4;+3;+2/p-9. The van der Waals surface area contributed by atoms with Gasteiger partial charge in [0.15, 0.2) is 0 Å². The van der Waals surface area contributed by atoms with Crippen LogP contribution in [0.3, 0.4) is 0 Å². The molecule has 0 saturated carbocycles. The van der Waals surface area contributed by atoms with Gasteiger partial charge in [0.1, 0.15) is 0 Å². The second kappa shape index (κ2) is 133. The Morgan fingerprint density at radius 2 is 0.178 bits per heavy atom. The number of hydrogen-bond donors (Lipinski definition) is 0. The number of unbranched alkanes of at least 4 members (excludes halogenated alkanes) is 36. The summed E-state index contributed by atoms with van der Waals surface area (Å²) in [4.78, 5) is 19.6. The molecule has 9 nitrogen and oxygen atoms in total. The summed E-state index contributed by atoms with van der Waals surface area (Å²) < 4.78 is 5.85. The van der Waals surface area contributed by atoms with E-state index in [0.717, 1.165) is 118 Å². The van der Waals surface area contributed by atoms with Crippen molar-refractivity contribution in [3.63, 3.8) is 0 Å². The molecular weight excluding hydrogens is 2080 g/mol. The monoisotopic (exact) mass is 2280 g/mol. The minimum Gasteiger partial charge on any atom is -0.411 e. The molecule has 2 radical (unpaired) electrons. The van der Waals surface area contributed by atoms with Crippen LogP contribution in [0.1, 0.15) is 471 Å². The van der Waals surface area contributed by atoms with Gasteiger partial charge in [-0.3, -0.25) is 0 Å². The topological polar surface area (TPSA) is 29.2 Å². The maximum Gasteiger partial charge on any atom is 4.00 e. The third-order valence-corrected chi connectivity index (χ3v) is 25.5. The van der Waals surface area contributed by atoms with Gasteiger partial charge in [0.2, 0.25) is 0 Å². The second-order valence-corrected chi connectivity index (χ2v) is 42.3. The fourth-order valence-corrected chi connectivity index (χ4v) is 15.9. The molecular formula is C99H198MoN9PS18Zn. The molecule has 129 heavy (non-hydrogen) atoms. The van der Waals surface area contributed by atoms with Gasteiger partial charge >= 0.3 is 50.4 Å². The van der Waals surface area contributed by atoms with Crippen molar-refractivity contribution in [2.24, 2.45) is 0 Å². The van der Waals surface area contributed by atoms with Crippen LogP contribution >= 0.6 is 120 Å². The minimum absolute atomic E-state index is 0. The smallest absolute Gasteiger partial charge is 0.411 e. The first-order chi connectivity index (χ1) is 60.5. The van der Waals surface area contributed by atoms with Crippen LogP contribution in [0.2, 0.25) is 0 Å². The summed E-state index contributed by atoms with van der Waals surface area (Å²) in [6.45, 7) is 58.9. The zero-order valence-corrected chi connectivity index (χ0v) is 107. The van der Waals surface area contributed by atoms with Gasteiger partial charge in [-0.15, -0.1) is 0 Å². The fraction of sp³-hybridized carbons (Fsp3) is 0.909. The average molecular weight is 2280 g/mol. The van der Waals surface area contributed by atoms with E-state index in [1.54, 1.807) is 0 Å². The largest absolute Gasteiger partial charge is 4.00 e. The van der Waals surface area contributed by atoms with E-state index in [4.69, 9.17) is 224 Å². The van der Waals surface area contributed by atoms with Crippen LogP contribution < -0.4 is 0 Å². The molecule has 0 unspecified atom stereocenters. The summed E-state index contributed by atoms with van der Waals surface area (Å²) in [5.74, 6) is 0. The molecule has 0 aliphatic carbocycles. The van der Waals surface area contributed by atoms with Crippen molar-refractivity contribution in [3.05, 3.63) is 0 Å². The normalized spacial score (nSPS) is 9.91. The number of thiocarbonyl (C=S) groups is 9. The summed E-state index contributed by atoms with van der Waals surface area (Å²) in [5.41, 5.74) is 0. The van der Waals surface area contributed by atoms with Gasteiger partial charge in [-0.05, 0) is 116 Å². The zero-order chi connectivity index (χ0) is 97.3. The molecule has 0 bridgehead atoms. The molecule has 0 amide bonds. The Morgan fingerprint density at radius 1 is 0.132 bits per heavy atom. The number of nitrogens with zero attached hydrogens (tertiary/aromatic N) is 9. The van der Waals surface area contributed by atoms with E-state index in [0.29, 0.717) is 38.9 Å². The van der Waals surface area contributed by atoms with Gasteiger partial charge in [-0.25, -0.2) is 0 Å². The molecule has 760 valence electrons. The molecule has 0 aromatic heterocycles. The zero-order valence-electron chi connectivity index (χ0n) is 86.3. The summed E-state index contributed by atoms with van der Waals surface area (Å²) in [6, 6.07) is 0. The van der Waals surface area contributed by atoms with Crippen molar-refractivity contribution < 1.29 is 40.5 Å². The summed E-state index contributed by atoms with van der Waals surface area (Å²) in [7, 11) is 0. The third kappa shape index (κ3) is 131. The summed E-state index contributed by atoms with van der Waals surface area (Å²) in [6.07, 6.45) is 67.7. The maximum absolute atomic E-state index is 5.06. The van der Waals surface area contributed by atoms with Gasteiger partial charge in [-0.2, -0.15) is 0 Å². The molecule has 0 aromatic carbocycles. The van der Waals surface area contributed by atoms with Crippen LogP contribution in [0.5, 0.6) is 0 Å².